The minimum atomic E-state index is -3.60. The van der Waals surface area contributed by atoms with Gasteiger partial charge in [-0.05, 0) is 48.6 Å². The highest BCUT2D eigenvalue weighted by molar-refractivity contribution is 7.89. The number of nitrogens with zero attached hydrogens (tertiary/aromatic N) is 2. The summed E-state index contributed by atoms with van der Waals surface area (Å²) in [6.07, 6.45) is 0.732. The topological polar surface area (TPSA) is 84.0 Å². The Balaban J connectivity index is 1.51. The first-order valence-electron chi connectivity index (χ1n) is 10.8. The molecule has 1 aliphatic heterocycles. The van der Waals surface area contributed by atoms with Crippen molar-refractivity contribution >= 4 is 27.6 Å². The van der Waals surface area contributed by atoms with Gasteiger partial charge in [0.25, 0.3) is 5.91 Å². The highest BCUT2D eigenvalue weighted by Crippen LogP contribution is 2.26. The first-order valence-corrected chi connectivity index (χ1v) is 12.2. The molecule has 0 N–H and O–H groups in total. The molecule has 1 amide bonds. The van der Waals surface area contributed by atoms with E-state index >= 15 is 0 Å². The number of sulfonamides is 1. The predicted molar refractivity (Wildman–Crippen MR) is 123 cm³/mol. The fraction of sp³-hybridized carbons (Fsp3) is 0.417. The molecule has 3 rings (SSSR count). The first kappa shape index (κ1) is 23.9. The number of likely N-dealkylation sites (N-methyl/N-ethyl adjacent to an activating group) is 1. The Labute approximate surface area is 190 Å². The number of ether oxygens (including phenoxy) is 1. The van der Waals surface area contributed by atoms with Crippen LogP contribution in [0.2, 0.25) is 0 Å². The summed E-state index contributed by atoms with van der Waals surface area (Å²) in [7, 11) is -1.97. The number of amides is 1. The normalized spacial score (nSPS) is 15.5. The van der Waals surface area contributed by atoms with Crippen molar-refractivity contribution < 1.29 is 22.7 Å². The number of carbonyl (C=O) groups is 2. The number of hydrogen-bond acceptors (Lipinski definition) is 5. The molecule has 1 aliphatic rings. The Morgan fingerprint density at radius 2 is 1.62 bits per heavy atom. The van der Waals surface area contributed by atoms with Crippen molar-refractivity contribution in [1.82, 2.24) is 4.31 Å². The second-order valence-corrected chi connectivity index (χ2v) is 10.2. The second-order valence-electron chi connectivity index (χ2n) is 8.30. The van der Waals surface area contributed by atoms with E-state index in [2.05, 4.69) is 13.8 Å². The molecule has 2 aromatic carbocycles. The Bertz CT molecular complexity index is 1030. The van der Waals surface area contributed by atoms with Gasteiger partial charge < -0.3 is 9.64 Å². The average molecular weight is 459 g/mol. The second kappa shape index (κ2) is 10.3. The van der Waals surface area contributed by atoms with Crippen molar-refractivity contribution in [1.29, 1.82) is 0 Å². The molecule has 0 unspecified atom stereocenters. The van der Waals surface area contributed by atoms with Gasteiger partial charge >= 0.3 is 5.97 Å². The third-order valence-electron chi connectivity index (χ3n) is 5.83. The summed E-state index contributed by atoms with van der Waals surface area (Å²) in [5.74, 6) is -0.875. The molecule has 0 aliphatic carbocycles. The van der Waals surface area contributed by atoms with Crippen molar-refractivity contribution in [2.24, 2.45) is 5.92 Å². The average Bonchev–Trinajstić information content (AvgIpc) is 2.82. The number of esters is 1. The van der Waals surface area contributed by atoms with Gasteiger partial charge in [0.05, 0.1) is 10.8 Å². The largest absolute Gasteiger partial charge is 0.455 e. The molecule has 2 aromatic rings. The van der Waals surface area contributed by atoms with Gasteiger partial charge in [-0.1, -0.05) is 44.2 Å². The molecule has 1 heterocycles. The molecular formula is C24H30N2O5S. The number of para-hydroxylation sites is 1. The fourth-order valence-electron chi connectivity index (χ4n) is 3.65. The Hall–Kier alpha value is -2.71. The van der Waals surface area contributed by atoms with Crippen LogP contribution in [0.15, 0.2) is 59.5 Å². The van der Waals surface area contributed by atoms with E-state index in [-0.39, 0.29) is 30.5 Å². The molecule has 32 heavy (non-hydrogen) atoms. The quantitative estimate of drug-likeness (QED) is 0.594. The molecule has 0 spiro atoms. The monoisotopic (exact) mass is 458 g/mol. The standard InChI is InChI=1S/C24H30N2O5S/c1-18(2)19-9-11-22(12-10-19)32(29,30)26-15-13-20(14-16-26)24(28)31-17-23(27)25(3)21-7-5-4-6-8-21/h4-12,18,20H,13-17H2,1-3H3. The maximum Gasteiger partial charge on any atom is 0.309 e. The van der Waals surface area contributed by atoms with Crippen LogP contribution in [-0.2, 0) is 24.3 Å². The molecule has 0 atom stereocenters. The Morgan fingerprint density at radius 1 is 1.03 bits per heavy atom. The van der Waals surface area contributed by atoms with Gasteiger partial charge in [0.2, 0.25) is 10.0 Å². The summed E-state index contributed by atoms with van der Waals surface area (Å²) < 4.78 is 32.5. The number of benzene rings is 2. The van der Waals surface area contributed by atoms with Crippen LogP contribution in [0.3, 0.4) is 0 Å². The number of rotatable bonds is 7. The maximum absolute atomic E-state index is 12.9. The molecule has 1 saturated heterocycles. The lowest BCUT2D eigenvalue weighted by molar-refractivity contribution is -0.153. The zero-order valence-electron chi connectivity index (χ0n) is 18.7. The van der Waals surface area contributed by atoms with Crippen LogP contribution in [0.1, 0.15) is 38.2 Å². The summed E-state index contributed by atoms with van der Waals surface area (Å²) in [6.45, 7) is 4.25. The molecule has 0 saturated carbocycles. The van der Waals surface area contributed by atoms with E-state index in [1.54, 1.807) is 31.3 Å². The lowest BCUT2D eigenvalue weighted by Gasteiger charge is -2.30. The molecule has 172 valence electrons. The molecule has 0 aromatic heterocycles. The summed E-state index contributed by atoms with van der Waals surface area (Å²) >= 11 is 0. The molecule has 1 fully saturated rings. The van der Waals surface area contributed by atoms with Crippen LogP contribution in [0, 0.1) is 5.92 Å². The zero-order chi connectivity index (χ0) is 23.3. The zero-order valence-corrected chi connectivity index (χ0v) is 19.5. The van der Waals surface area contributed by atoms with Crippen molar-refractivity contribution in [3.8, 4) is 0 Å². The smallest absolute Gasteiger partial charge is 0.309 e. The lowest BCUT2D eigenvalue weighted by atomic mass is 9.98. The number of carbonyl (C=O) groups excluding carboxylic acids is 2. The van der Waals surface area contributed by atoms with Crippen LogP contribution in [0.5, 0.6) is 0 Å². The van der Waals surface area contributed by atoms with Gasteiger partial charge in [-0.15, -0.1) is 0 Å². The van der Waals surface area contributed by atoms with Gasteiger partial charge in [-0.25, -0.2) is 8.42 Å². The van der Waals surface area contributed by atoms with E-state index in [9.17, 15) is 18.0 Å². The van der Waals surface area contributed by atoms with E-state index in [0.717, 1.165) is 5.56 Å². The van der Waals surface area contributed by atoms with Crippen molar-refractivity contribution in [3.05, 3.63) is 60.2 Å². The molecule has 7 nitrogen and oxygen atoms in total. The van der Waals surface area contributed by atoms with Crippen molar-refractivity contribution in [2.75, 3.05) is 31.6 Å². The number of piperidine rings is 1. The molecule has 8 heteroatoms. The number of anilines is 1. The van der Waals surface area contributed by atoms with Crippen molar-refractivity contribution in [3.63, 3.8) is 0 Å². The minimum absolute atomic E-state index is 0.242. The van der Waals surface area contributed by atoms with E-state index in [1.807, 2.05) is 30.3 Å². The fourth-order valence-corrected chi connectivity index (χ4v) is 5.12. The van der Waals surface area contributed by atoms with Gasteiger partial charge in [-0.2, -0.15) is 4.31 Å². The van der Waals surface area contributed by atoms with Gasteiger partial charge in [0.1, 0.15) is 0 Å². The van der Waals surface area contributed by atoms with E-state index < -0.39 is 21.9 Å². The summed E-state index contributed by atoms with van der Waals surface area (Å²) in [6, 6.07) is 16.1. The third kappa shape index (κ3) is 5.55. The highest BCUT2D eigenvalue weighted by Gasteiger charge is 2.33. The highest BCUT2D eigenvalue weighted by atomic mass is 32.2. The van der Waals surface area contributed by atoms with Crippen LogP contribution in [-0.4, -0.2) is 51.3 Å². The van der Waals surface area contributed by atoms with E-state index in [4.69, 9.17) is 4.74 Å². The maximum atomic E-state index is 12.9. The Kier molecular flexibility index (Phi) is 7.69. The van der Waals surface area contributed by atoms with Crippen LogP contribution in [0.4, 0.5) is 5.69 Å². The first-order chi connectivity index (χ1) is 15.2. The summed E-state index contributed by atoms with van der Waals surface area (Å²) in [5.41, 5.74) is 1.80. The Morgan fingerprint density at radius 3 is 2.19 bits per heavy atom. The lowest BCUT2D eigenvalue weighted by Crippen LogP contribution is -2.41. The van der Waals surface area contributed by atoms with Crippen LogP contribution in [0.25, 0.3) is 0 Å². The number of hydrogen-bond donors (Lipinski definition) is 0. The molecule has 0 bridgehead atoms. The summed E-state index contributed by atoms with van der Waals surface area (Å²) in [4.78, 5) is 26.4. The molecular weight excluding hydrogens is 428 g/mol. The summed E-state index contributed by atoms with van der Waals surface area (Å²) in [5, 5.41) is 0. The molecule has 0 radical (unpaired) electrons. The van der Waals surface area contributed by atoms with E-state index in [0.29, 0.717) is 24.4 Å². The van der Waals surface area contributed by atoms with Crippen LogP contribution >= 0.6 is 0 Å². The van der Waals surface area contributed by atoms with Crippen molar-refractivity contribution in [2.45, 2.75) is 37.5 Å². The minimum Gasteiger partial charge on any atom is -0.455 e. The third-order valence-corrected chi connectivity index (χ3v) is 7.74. The van der Waals surface area contributed by atoms with Gasteiger partial charge in [-0.3, -0.25) is 9.59 Å². The van der Waals surface area contributed by atoms with Crippen LogP contribution < -0.4 is 4.90 Å². The predicted octanol–water partition coefficient (Wildman–Crippen LogP) is 3.42. The van der Waals surface area contributed by atoms with Gasteiger partial charge in [0.15, 0.2) is 6.61 Å². The van der Waals surface area contributed by atoms with E-state index in [1.165, 1.54) is 9.21 Å². The van der Waals surface area contributed by atoms with Gasteiger partial charge in [0, 0.05) is 25.8 Å². The SMILES string of the molecule is CC(C)c1ccc(S(=O)(=O)N2CCC(C(=O)OCC(=O)N(C)c3ccccc3)CC2)cc1.